The molecule has 11 heteroatoms. The third-order valence-corrected chi connectivity index (χ3v) is 5.49. The minimum Gasteiger partial charge on any atom is -0.460 e. The van der Waals surface area contributed by atoms with Crippen LogP contribution in [0.25, 0.3) is 11.3 Å². The summed E-state index contributed by atoms with van der Waals surface area (Å²) in [7, 11) is 2.98. The lowest BCUT2D eigenvalue weighted by Crippen LogP contribution is -2.33. The van der Waals surface area contributed by atoms with Crippen molar-refractivity contribution < 1.29 is 37.9 Å². The Bertz CT molecular complexity index is 1150. The van der Waals surface area contributed by atoms with Gasteiger partial charge in [0.2, 0.25) is 0 Å². The smallest absolute Gasteiger partial charge is 0.336 e. The van der Waals surface area contributed by atoms with Gasteiger partial charge in [0, 0.05) is 43.3 Å². The van der Waals surface area contributed by atoms with Crippen LogP contribution in [0.2, 0.25) is 0 Å². The van der Waals surface area contributed by atoms with E-state index >= 15 is 0 Å². The van der Waals surface area contributed by atoms with Gasteiger partial charge < -0.3 is 28.7 Å². The van der Waals surface area contributed by atoms with Crippen LogP contribution >= 0.6 is 0 Å². The summed E-state index contributed by atoms with van der Waals surface area (Å²) in [5.74, 6) is -1.63. The van der Waals surface area contributed by atoms with Gasteiger partial charge in [-0.3, -0.25) is 10.1 Å². The molecule has 0 atom stereocenters. The molecule has 192 valence electrons. The fourth-order valence-corrected chi connectivity index (χ4v) is 3.85. The first kappa shape index (κ1) is 26.6. The van der Waals surface area contributed by atoms with Gasteiger partial charge >= 0.3 is 11.9 Å². The second-order valence-corrected chi connectivity index (χ2v) is 7.90. The van der Waals surface area contributed by atoms with Gasteiger partial charge in [0.05, 0.1) is 35.2 Å². The normalized spacial score (nSPS) is 14.0. The van der Waals surface area contributed by atoms with E-state index in [2.05, 4.69) is 5.32 Å². The van der Waals surface area contributed by atoms with E-state index in [-0.39, 0.29) is 49.0 Å². The Kier molecular flexibility index (Phi) is 8.98. The molecular formula is C25H28N2O9. The molecule has 0 aliphatic carbocycles. The lowest BCUT2D eigenvalue weighted by atomic mass is 9.83. The number of nitro groups is 1. The number of hydrogen-bond acceptors (Lipinski definition) is 10. The zero-order valence-corrected chi connectivity index (χ0v) is 20.5. The van der Waals surface area contributed by atoms with Gasteiger partial charge in [-0.2, -0.15) is 0 Å². The minimum atomic E-state index is -0.941. The second-order valence-electron chi connectivity index (χ2n) is 7.90. The van der Waals surface area contributed by atoms with E-state index < -0.39 is 22.8 Å². The molecule has 11 nitrogen and oxygen atoms in total. The molecule has 2 heterocycles. The first-order chi connectivity index (χ1) is 17.3. The van der Waals surface area contributed by atoms with E-state index in [0.29, 0.717) is 22.7 Å². The monoisotopic (exact) mass is 500 g/mol. The van der Waals surface area contributed by atoms with Crippen molar-refractivity contribution in [1.29, 1.82) is 0 Å². The second kappa shape index (κ2) is 12.1. The fraction of sp³-hybridized carbons (Fsp3) is 0.360. The van der Waals surface area contributed by atoms with Crippen molar-refractivity contribution in [3.8, 4) is 11.3 Å². The van der Waals surface area contributed by atoms with Crippen molar-refractivity contribution in [3.05, 3.63) is 74.8 Å². The maximum absolute atomic E-state index is 13.1. The quantitative estimate of drug-likeness (QED) is 0.211. The number of allylic oxidation sites excluding steroid dienone is 2. The molecule has 1 aromatic carbocycles. The highest BCUT2D eigenvalue weighted by atomic mass is 16.6. The fourth-order valence-electron chi connectivity index (χ4n) is 3.85. The average Bonchev–Trinajstić information content (AvgIpc) is 3.34. The first-order valence-corrected chi connectivity index (χ1v) is 11.1. The lowest BCUT2D eigenvalue weighted by Gasteiger charge is -2.29. The van der Waals surface area contributed by atoms with Crippen LogP contribution in [0.3, 0.4) is 0 Å². The van der Waals surface area contributed by atoms with Crippen LogP contribution in [0, 0.1) is 10.1 Å². The number of carbonyl (C=O) groups excluding carboxylic acids is 2. The Labute approximate surface area is 207 Å². The molecule has 1 aliphatic heterocycles. The summed E-state index contributed by atoms with van der Waals surface area (Å²) in [6.45, 7) is 3.84. The molecule has 1 aromatic heterocycles. The highest BCUT2D eigenvalue weighted by Gasteiger charge is 2.40. The number of non-ortho nitro benzene ring substituents is 1. The molecule has 0 unspecified atom stereocenters. The number of nitro benzene ring substituents is 1. The third kappa shape index (κ3) is 5.99. The van der Waals surface area contributed by atoms with Crippen LogP contribution in [-0.4, -0.2) is 57.5 Å². The van der Waals surface area contributed by atoms with Gasteiger partial charge in [0.15, 0.2) is 0 Å². The van der Waals surface area contributed by atoms with Crippen LogP contribution in [0.4, 0.5) is 5.69 Å². The molecule has 0 amide bonds. The highest BCUT2D eigenvalue weighted by Crippen LogP contribution is 2.41. The Morgan fingerprint density at radius 2 is 1.53 bits per heavy atom. The molecule has 0 fully saturated rings. The average molecular weight is 501 g/mol. The van der Waals surface area contributed by atoms with E-state index in [4.69, 9.17) is 23.4 Å². The Morgan fingerprint density at radius 3 is 2.06 bits per heavy atom. The van der Waals surface area contributed by atoms with Crippen LogP contribution < -0.4 is 5.32 Å². The summed E-state index contributed by atoms with van der Waals surface area (Å²) in [4.78, 5) is 36.9. The van der Waals surface area contributed by atoms with Crippen molar-refractivity contribution in [2.45, 2.75) is 19.8 Å². The molecule has 0 saturated heterocycles. The molecule has 1 aliphatic rings. The molecule has 2 aromatic rings. The van der Waals surface area contributed by atoms with Crippen molar-refractivity contribution in [3.63, 3.8) is 0 Å². The maximum Gasteiger partial charge on any atom is 0.336 e. The predicted octanol–water partition coefficient (Wildman–Crippen LogP) is 3.47. The molecule has 3 rings (SSSR count). The molecular weight excluding hydrogens is 472 g/mol. The van der Waals surface area contributed by atoms with Gasteiger partial charge in [-0.05, 0) is 26.0 Å². The number of carbonyl (C=O) groups is 2. The number of furan rings is 1. The molecule has 0 saturated carbocycles. The van der Waals surface area contributed by atoms with Gasteiger partial charge in [-0.15, -0.1) is 0 Å². The predicted molar refractivity (Wildman–Crippen MR) is 128 cm³/mol. The summed E-state index contributed by atoms with van der Waals surface area (Å²) < 4.78 is 26.7. The number of esters is 2. The number of dihydropyridines is 1. The topological polar surface area (TPSA) is 139 Å². The third-order valence-electron chi connectivity index (χ3n) is 5.49. The van der Waals surface area contributed by atoms with Gasteiger partial charge in [-0.25, -0.2) is 9.59 Å². The SMILES string of the molecule is COCCOC(=O)C1=C(C)NC(C)=C(C(=O)OCCOC)C1c1ccc(-c2cccc([N+](=O)[O-])c2)o1. The molecule has 0 spiro atoms. The largest absolute Gasteiger partial charge is 0.460 e. The number of nitrogens with zero attached hydrogens (tertiary/aromatic N) is 1. The standard InChI is InChI=1S/C25H28N2O9/c1-15-21(24(28)34-12-10-32-3)23(22(16(2)26-15)25(29)35-13-11-33-4)20-9-8-19(36-20)17-6-5-7-18(14-17)27(30)31/h5-9,14,23,26H,10-13H2,1-4H3. The van der Waals surface area contributed by atoms with E-state index in [1.165, 1.54) is 26.4 Å². The Morgan fingerprint density at radius 1 is 0.944 bits per heavy atom. The van der Waals surface area contributed by atoms with Gasteiger partial charge in [0.1, 0.15) is 24.7 Å². The van der Waals surface area contributed by atoms with Crippen molar-refractivity contribution in [2.24, 2.45) is 0 Å². The number of hydrogen-bond donors (Lipinski definition) is 1. The number of nitrogens with one attached hydrogen (secondary N) is 1. The Balaban J connectivity index is 2.05. The van der Waals surface area contributed by atoms with Crippen LogP contribution in [0.5, 0.6) is 0 Å². The minimum absolute atomic E-state index is 0.0201. The van der Waals surface area contributed by atoms with Gasteiger partial charge in [0.25, 0.3) is 5.69 Å². The zero-order valence-electron chi connectivity index (χ0n) is 20.5. The van der Waals surface area contributed by atoms with E-state index in [9.17, 15) is 19.7 Å². The number of benzene rings is 1. The summed E-state index contributed by atoms with van der Waals surface area (Å²) in [5, 5.41) is 14.3. The van der Waals surface area contributed by atoms with E-state index in [0.717, 1.165) is 0 Å². The molecule has 1 N–H and O–H groups in total. The first-order valence-electron chi connectivity index (χ1n) is 11.1. The van der Waals surface area contributed by atoms with Crippen molar-refractivity contribution in [2.75, 3.05) is 40.6 Å². The van der Waals surface area contributed by atoms with Crippen LogP contribution in [0.1, 0.15) is 25.5 Å². The van der Waals surface area contributed by atoms with E-state index in [1.807, 2.05) is 0 Å². The lowest BCUT2D eigenvalue weighted by molar-refractivity contribution is -0.384. The zero-order chi connectivity index (χ0) is 26.2. The summed E-state index contributed by atoms with van der Waals surface area (Å²) in [6, 6.07) is 9.22. The number of methoxy groups -OCH3 is 2. The number of rotatable bonds is 11. The summed E-state index contributed by atoms with van der Waals surface area (Å²) in [6.07, 6.45) is 0. The number of ether oxygens (including phenoxy) is 4. The highest BCUT2D eigenvalue weighted by molar-refractivity contribution is 5.99. The molecule has 0 radical (unpaired) electrons. The van der Waals surface area contributed by atoms with Gasteiger partial charge in [-0.1, -0.05) is 12.1 Å². The molecule has 36 heavy (non-hydrogen) atoms. The summed E-state index contributed by atoms with van der Waals surface area (Å²) >= 11 is 0. The van der Waals surface area contributed by atoms with Crippen molar-refractivity contribution in [1.82, 2.24) is 5.32 Å². The summed E-state index contributed by atoms with van der Waals surface area (Å²) in [5.41, 5.74) is 1.71. The van der Waals surface area contributed by atoms with Crippen LogP contribution in [0.15, 0.2) is 63.4 Å². The van der Waals surface area contributed by atoms with E-state index in [1.54, 1.807) is 38.1 Å². The van der Waals surface area contributed by atoms with Crippen LogP contribution in [-0.2, 0) is 28.5 Å². The van der Waals surface area contributed by atoms with Crippen molar-refractivity contribution >= 4 is 17.6 Å². The molecule has 0 bridgehead atoms. The Hall–Kier alpha value is -3.96. The maximum atomic E-state index is 13.1.